The number of carbonyl (C=O) groups excluding carboxylic acids is 2. The van der Waals surface area contributed by atoms with Gasteiger partial charge in [0.1, 0.15) is 0 Å². The van der Waals surface area contributed by atoms with E-state index in [-0.39, 0.29) is 55.1 Å². The first-order valence-electron chi connectivity index (χ1n) is 16.5. The van der Waals surface area contributed by atoms with Gasteiger partial charge in [0, 0.05) is 69.4 Å². The summed E-state index contributed by atoms with van der Waals surface area (Å²) < 4.78 is 116. The van der Waals surface area contributed by atoms with E-state index in [4.69, 9.17) is 17.7 Å². The summed E-state index contributed by atoms with van der Waals surface area (Å²) in [4.78, 5) is 26.4. The Balaban J connectivity index is 1.28. The number of sulfone groups is 4. The number of aromatic nitrogens is 8. The third kappa shape index (κ3) is 12.2. The van der Waals surface area contributed by atoms with E-state index in [0.29, 0.717) is 11.1 Å². The van der Waals surface area contributed by atoms with Crippen LogP contribution in [0.1, 0.15) is 71.2 Å². The minimum Gasteiger partial charge on any atom is -0.413 e. The zero-order chi connectivity index (χ0) is 43.5. The van der Waals surface area contributed by atoms with Gasteiger partial charge in [-0.2, -0.15) is 0 Å². The van der Waals surface area contributed by atoms with Crippen molar-refractivity contribution in [1.29, 1.82) is 0 Å². The summed E-state index contributed by atoms with van der Waals surface area (Å²) in [6, 6.07) is 4.23. The molecule has 30 heteroatoms. The summed E-state index contributed by atoms with van der Waals surface area (Å²) in [5.74, 6) is -4.61. The van der Waals surface area contributed by atoms with Crippen LogP contribution in [0, 0.1) is 0 Å². The van der Waals surface area contributed by atoms with Gasteiger partial charge < -0.3 is 38.5 Å². The van der Waals surface area contributed by atoms with Crippen molar-refractivity contribution in [2.24, 2.45) is 0 Å². The van der Waals surface area contributed by atoms with Gasteiger partial charge in [0.15, 0.2) is 6.29 Å². The fraction of sp³-hybridized carbons (Fsp3) is 0.448. The average molecular weight is 907 g/mol. The maximum absolute atomic E-state index is 13.2. The predicted molar refractivity (Wildman–Crippen MR) is 189 cm³/mol. The van der Waals surface area contributed by atoms with E-state index in [1.807, 2.05) is 0 Å². The summed E-state index contributed by atoms with van der Waals surface area (Å²) in [7, 11) is -15.6. The Labute approximate surface area is 333 Å². The largest absolute Gasteiger partial charge is 0.413 e. The van der Waals surface area contributed by atoms with E-state index in [1.54, 1.807) is 0 Å². The molecule has 2 unspecified atom stereocenters. The van der Waals surface area contributed by atoms with Crippen LogP contribution in [0.15, 0.2) is 56.8 Å². The maximum atomic E-state index is 13.2. The third-order valence-electron chi connectivity index (χ3n) is 7.77. The molecule has 59 heavy (non-hydrogen) atoms. The van der Waals surface area contributed by atoms with Crippen LogP contribution in [0.4, 0.5) is 0 Å². The summed E-state index contributed by atoms with van der Waals surface area (Å²) in [5, 5.41) is 50.9. The molecule has 0 saturated heterocycles. The molecule has 0 aliphatic heterocycles. The highest BCUT2D eigenvalue weighted by Crippen LogP contribution is 2.27. The molecule has 2 atom stereocenters. The predicted octanol–water partition coefficient (Wildman–Crippen LogP) is -2.12. The zero-order valence-corrected chi connectivity index (χ0v) is 34.3. The van der Waals surface area contributed by atoms with Gasteiger partial charge in [-0.05, 0) is 23.3 Å². The number of nitrogens with zero attached hydrogens (tertiary/aromatic N) is 8. The van der Waals surface area contributed by atoms with Crippen molar-refractivity contribution in [2.75, 3.05) is 25.0 Å². The van der Waals surface area contributed by atoms with Crippen molar-refractivity contribution in [2.45, 2.75) is 77.8 Å². The minimum atomic E-state index is -3.94. The lowest BCUT2D eigenvalue weighted by Crippen LogP contribution is -2.26. The quantitative estimate of drug-likeness (QED) is 0.0644. The molecule has 0 aliphatic carbocycles. The first-order valence-corrected chi connectivity index (χ1v) is 24.1. The Bertz CT molecular complexity index is 2610. The molecule has 0 spiro atoms. The molecule has 0 fully saturated rings. The van der Waals surface area contributed by atoms with Gasteiger partial charge in [-0.15, -0.1) is 20.4 Å². The van der Waals surface area contributed by atoms with Crippen LogP contribution in [0.3, 0.4) is 0 Å². The van der Waals surface area contributed by atoms with Crippen LogP contribution in [0.5, 0.6) is 0 Å². The zero-order valence-electron chi connectivity index (χ0n) is 31.0. The van der Waals surface area contributed by atoms with Gasteiger partial charge >= 0.3 is 20.9 Å². The molecule has 0 radical (unpaired) electrons. The molecular weight excluding hydrogens is 873 g/mol. The number of amides is 2. The molecular formula is C29H34N10O16S4. The van der Waals surface area contributed by atoms with Gasteiger partial charge in [-0.1, -0.05) is 26.5 Å². The molecule has 26 nitrogen and oxygen atoms in total. The number of nitrogens with one attached hydrogen (secondary N) is 2. The number of aliphatic hydroxyl groups excluding tert-OH is 1. The number of rotatable bonds is 19. The summed E-state index contributed by atoms with van der Waals surface area (Å²) in [6.07, 6.45) is -0.191. The van der Waals surface area contributed by atoms with E-state index in [9.17, 15) is 53.5 Å². The topological polar surface area (TPSA) is 391 Å². The highest BCUT2D eigenvalue weighted by atomic mass is 32.2. The SMILES string of the molecule is CS(=O)(=O)c1nnc(CC(CC(=O)NCc2cc(CNC(=O)CC(Cc3nnc(S(C)(=O)=O)o3)c3nnc(S(C)(=O)=O)o3)cc(C(O)O)c2)c2nnc(S(C)(=O)=O)o2)o1. The molecule has 320 valence electrons. The summed E-state index contributed by atoms with van der Waals surface area (Å²) in [6.45, 7) is -0.433. The van der Waals surface area contributed by atoms with Crippen LogP contribution in [0.2, 0.25) is 0 Å². The molecule has 0 aliphatic rings. The second-order valence-corrected chi connectivity index (χ2v) is 20.6. The maximum Gasteiger partial charge on any atom is 0.335 e. The minimum absolute atomic E-state index is 0.0220. The number of carbonyl (C=O) groups is 2. The first-order chi connectivity index (χ1) is 27.3. The van der Waals surface area contributed by atoms with Gasteiger partial charge in [-0.25, -0.2) is 33.7 Å². The second-order valence-electron chi connectivity index (χ2n) is 13.0. The lowest BCUT2D eigenvalue weighted by Gasteiger charge is -2.15. The van der Waals surface area contributed by atoms with Crippen LogP contribution in [-0.2, 0) is 74.9 Å². The van der Waals surface area contributed by atoms with E-state index in [1.165, 1.54) is 18.2 Å². The summed E-state index contributed by atoms with van der Waals surface area (Å²) in [5.41, 5.74) is 0.629. The van der Waals surface area contributed by atoms with Crippen LogP contribution >= 0.6 is 0 Å². The lowest BCUT2D eigenvalue weighted by molar-refractivity contribution is -0.122. The fourth-order valence-electron chi connectivity index (χ4n) is 5.06. The molecule has 2 amide bonds. The standard InChI is InChI=1S/C29H34N10O16S4/c1-56(44,45)26-36-32-21(52-26)10-16(23-34-38-28(54-23)58(3,48)49)8-19(40)30-12-14-5-15(7-18(6-14)25(42)43)13-31-20(41)9-17(24-35-39-29(55-24)59(4,50)51)11-22-33-37-27(53-22)57(2,46)47/h5-7,16-17,25,42-43H,8-13H2,1-4H3,(H,30,40)(H,31,41). The number of aliphatic hydroxyl groups is 2. The van der Waals surface area contributed by atoms with E-state index in [2.05, 4.69) is 51.4 Å². The van der Waals surface area contributed by atoms with Crippen molar-refractivity contribution in [3.63, 3.8) is 0 Å². The molecule has 4 N–H and O–H groups in total. The third-order valence-corrected chi connectivity index (χ3v) is 11.0. The number of hydrogen-bond donors (Lipinski definition) is 4. The Morgan fingerprint density at radius 2 is 0.881 bits per heavy atom. The van der Waals surface area contributed by atoms with Crippen LogP contribution in [-0.4, -0.2) is 122 Å². The van der Waals surface area contributed by atoms with Crippen LogP contribution in [0.25, 0.3) is 0 Å². The van der Waals surface area contributed by atoms with Gasteiger partial charge in [0.05, 0.1) is 11.8 Å². The van der Waals surface area contributed by atoms with Gasteiger partial charge in [-0.3, -0.25) is 9.59 Å². The Morgan fingerprint density at radius 1 is 0.542 bits per heavy atom. The van der Waals surface area contributed by atoms with E-state index >= 15 is 0 Å². The number of hydrogen-bond acceptors (Lipinski definition) is 24. The molecule has 0 saturated carbocycles. The fourth-order valence-corrected chi connectivity index (χ4v) is 6.79. The Kier molecular flexibility index (Phi) is 13.1. The molecule has 5 rings (SSSR count). The Hall–Kier alpha value is -5.56. The average Bonchev–Trinajstić information content (AvgIpc) is 3.95. The van der Waals surface area contributed by atoms with Crippen molar-refractivity contribution < 1.29 is 71.1 Å². The highest BCUT2D eigenvalue weighted by Gasteiger charge is 2.30. The molecule has 1 aromatic carbocycles. The van der Waals surface area contributed by atoms with Crippen molar-refractivity contribution >= 4 is 51.2 Å². The normalized spacial score (nSPS) is 13.7. The highest BCUT2D eigenvalue weighted by molar-refractivity contribution is 7.91. The van der Waals surface area contributed by atoms with Gasteiger partial charge in [0.2, 0.25) is 74.7 Å². The molecule has 4 heterocycles. The molecule has 5 aromatic rings. The van der Waals surface area contributed by atoms with Crippen molar-refractivity contribution in [3.05, 3.63) is 58.5 Å². The van der Waals surface area contributed by atoms with E-state index in [0.717, 1.165) is 25.0 Å². The second kappa shape index (κ2) is 17.3. The first kappa shape index (κ1) is 44.5. The van der Waals surface area contributed by atoms with Crippen LogP contribution < -0.4 is 10.6 Å². The van der Waals surface area contributed by atoms with Crippen molar-refractivity contribution in [3.8, 4) is 0 Å². The number of benzene rings is 1. The van der Waals surface area contributed by atoms with E-state index < -0.39 is 103 Å². The summed E-state index contributed by atoms with van der Waals surface area (Å²) >= 11 is 0. The Morgan fingerprint density at radius 3 is 1.19 bits per heavy atom. The van der Waals surface area contributed by atoms with Crippen molar-refractivity contribution in [1.82, 2.24) is 51.4 Å². The monoisotopic (exact) mass is 906 g/mol. The van der Waals surface area contributed by atoms with Gasteiger partial charge in [0.25, 0.3) is 0 Å². The smallest absolute Gasteiger partial charge is 0.335 e. The molecule has 4 aromatic heterocycles. The molecule has 0 bridgehead atoms. The lowest BCUT2D eigenvalue weighted by atomic mass is 10.00.